The molecular formula is C21H22F7NO2. The summed E-state index contributed by atoms with van der Waals surface area (Å²) in [5.41, 5.74) is -2.55. The van der Waals surface area contributed by atoms with Crippen molar-refractivity contribution in [2.75, 3.05) is 13.2 Å². The van der Waals surface area contributed by atoms with Gasteiger partial charge in [0.15, 0.2) is 6.29 Å². The highest BCUT2D eigenvalue weighted by molar-refractivity contribution is 5.34. The Kier molecular flexibility index (Phi) is 8.07. The van der Waals surface area contributed by atoms with Gasteiger partial charge in [0.25, 0.3) is 0 Å². The van der Waals surface area contributed by atoms with Gasteiger partial charge in [-0.15, -0.1) is 0 Å². The SMILES string of the molecule is C=CC(F)=CC=C(C)C1NCCOC1OC(C)c1cc(C(F)(F)F)cc(C(F)(F)F)c1. The number of morpholine rings is 1. The van der Waals surface area contributed by atoms with Crippen LogP contribution in [0, 0.1) is 0 Å². The standard InChI is InChI=1S/C21H22F7NO2/c1-4-17(22)6-5-12(2)18-19(30-8-7-29-18)31-13(3)14-9-15(20(23,24)25)11-16(10-14)21(26,27)28/h4-6,9-11,13,18-19,29H,1,7-8H2,2-3H3. The van der Waals surface area contributed by atoms with Crippen molar-refractivity contribution in [2.24, 2.45) is 0 Å². The summed E-state index contributed by atoms with van der Waals surface area (Å²) < 4.78 is 103. The Morgan fingerprint density at radius 1 is 1.13 bits per heavy atom. The van der Waals surface area contributed by atoms with Crippen LogP contribution in [0.2, 0.25) is 0 Å². The third kappa shape index (κ3) is 6.91. The zero-order valence-corrected chi connectivity index (χ0v) is 16.8. The molecule has 3 unspecified atom stereocenters. The molecular weight excluding hydrogens is 431 g/mol. The maximum Gasteiger partial charge on any atom is 0.416 e. The molecule has 10 heteroatoms. The first-order valence-corrected chi connectivity index (χ1v) is 9.29. The lowest BCUT2D eigenvalue weighted by molar-refractivity contribution is -0.192. The van der Waals surface area contributed by atoms with Crippen LogP contribution in [-0.4, -0.2) is 25.5 Å². The van der Waals surface area contributed by atoms with E-state index in [1.807, 2.05) is 0 Å². The molecule has 0 spiro atoms. The average molecular weight is 453 g/mol. The van der Waals surface area contributed by atoms with Gasteiger partial charge in [0.2, 0.25) is 0 Å². The van der Waals surface area contributed by atoms with Crippen LogP contribution in [0.25, 0.3) is 0 Å². The van der Waals surface area contributed by atoms with E-state index in [2.05, 4.69) is 11.9 Å². The van der Waals surface area contributed by atoms with E-state index in [1.54, 1.807) is 6.92 Å². The summed E-state index contributed by atoms with van der Waals surface area (Å²) in [5, 5.41) is 3.08. The van der Waals surface area contributed by atoms with E-state index in [1.165, 1.54) is 19.1 Å². The van der Waals surface area contributed by atoms with Crippen molar-refractivity contribution in [1.82, 2.24) is 5.32 Å². The Bertz CT molecular complexity index is 811. The van der Waals surface area contributed by atoms with Gasteiger partial charge in [-0.3, -0.25) is 0 Å². The minimum absolute atomic E-state index is 0.0606. The monoisotopic (exact) mass is 453 g/mol. The molecule has 1 aliphatic heterocycles. The fraction of sp³-hybridized carbons (Fsp3) is 0.429. The summed E-state index contributed by atoms with van der Waals surface area (Å²) in [7, 11) is 0. The lowest BCUT2D eigenvalue weighted by atomic mass is 10.0. The molecule has 0 aromatic heterocycles. The molecule has 1 heterocycles. The summed E-state index contributed by atoms with van der Waals surface area (Å²) in [4.78, 5) is 0. The van der Waals surface area contributed by atoms with E-state index in [0.29, 0.717) is 24.3 Å². The van der Waals surface area contributed by atoms with Crippen LogP contribution < -0.4 is 5.32 Å². The molecule has 0 bridgehead atoms. The van der Waals surface area contributed by atoms with E-state index in [9.17, 15) is 30.7 Å². The molecule has 1 saturated heterocycles. The molecule has 31 heavy (non-hydrogen) atoms. The first kappa shape index (κ1) is 25.1. The second kappa shape index (κ2) is 9.97. The largest absolute Gasteiger partial charge is 0.416 e. The summed E-state index contributed by atoms with van der Waals surface area (Å²) in [6.07, 6.45) is -8.44. The van der Waals surface area contributed by atoms with Crippen LogP contribution in [0.3, 0.4) is 0 Å². The zero-order chi connectivity index (χ0) is 23.4. The summed E-state index contributed by atoms with van der Waals surface area (Å²) in [5.74, 6) is -0.578. The molecule has 1 aliphatic rings. The third-order valence-electron chi connectivity index (χ3n) is 4.63. The summed E-state index contributed by atoms with van der Waals surface area (Å²) >= 11 is 0. The van der Waals surface area contributed by atoms with E-state index < -0.39 is 47.7 Å². The molecule has 1 N–H and O–H groups in total. The third-order valence-corrected chi connectivity index (χ3v) is 4.63. The maximum atomic E-state index is 13.3. The first-order chi connectivity index (χ1) is 14.3. The highest BCUT2D eigenvalue weighted by Gasteiger charge is 2.38. The highest BCUT2D eigenvalue weighted by atomic mass is 19.4. The molecule has 1 aromatic rings. The van der Waals surface area contributed by atoms with Gasteiger partial charge >= 0.3 is 12.4 Å². The second-order valence-electron chi connectivity index (χ2n) is 6.95. The van der Waals surface area contributed by atoms with Crippen LogP contribution in [0.15, 0.2) is 54.4 Å². The quantitative estimate of drug-likeness (QED) is 0.417. The van der Waals surface area contributed by atoms with Crippen molar-refractivity contribution in [3.63, 3.8) is 0 Å². The smallest absolute Gasteiger partial charge is 0.349 e. The fourth-order valence-electron chi connectivity index (χ4n) is 2.95. The van der Waals surface area contributed by atoms with Crippen LogP contribution >= 0.6 is 0 Å². The van der Waals surface area contributed by atoms with E-state index >= 15 is 0 Å². The van der Waals surface area contributed by atoms with Gasteiger partial charge in [-0.1, -0.05) is 18.2 Å². The Balaban J connectivity index is 2.31. The van der Waals surface area contributed by atoms with Gasteiger partial charge in [-0.25, -0.2) is 4.39 Å². The lowest BCUT2D eigenvalue weighted by Crippen LogP contribution is -2.50. The summed E-state index contributed by atoms with van der Waals surface area (Å²) in [6, 6.07) is 0.718. The maximum absolute atomic E-state index is 13.3. The Hall–Kier alpha value is -2.17. The normalized spacial score (nSPS) is 22.4. The molecule has 3 atom stereocenters. The molecule has 1 fully saturated rings. The number of ether oxygens (including phenoxy) is 2. The molecule has 3 nitrogen and oxygen atoms in total. The number of rotatable bonds is 6. The zero-order valence-electron chi connectivity index (χ0n) is 16.8. The molecule has 2 rings (SSSR count). The number of halogens is 7. The van der Waals surface area contributed by atoms with Crippen molar-refractivity contribution in [1.29, 1.82) is 0 Å². The number of hydrogen-bond acceptors (Lipinski definition) is 3. The number of nitrogens with one attached hydrogen (secondary N) is 1. The van der Waals surface area contributed by atoms with Crippen molar-refractivity contribution in [3.05, 3.63) is 71.1 Å². The van der Waals surface area contributed by atoms with Crippen LogP contribution in [0.1, 0.15) is 36.6 Å². The number of allylic oxidation sites excluding steroid dienone is 4. The molecule has 172 valence electrons. The summed E-state index contributed by atoms with van der Waals surface area (Å²) in [6.45, 7) is 6.93. The minimum atomic E-state index is -4.96. The number of alkyl halides is 6. The lowest BCUT2D eigenvalue weighted by Gasteiger charge is -2.35. The molecule has 1 aromatic carbocycles. The Morgan fingerprint density at radius 2 is 1.71 bits per heavy atom. The van der Waals surface area contributed by atoms with E-state index in [4.69, 9.17) is 9.47 Å². The van der Waals surface area contributed by atoms with Crippen molar-refractivity contribution >= 4 is 0 Å². The minimum Gasteiger partial charge on any atom is -0.349 e. The van der Waals surface area contributed by atoms with Gasteiger partial charge in [0.05, 0.1) is 29.9 Å². The van der Waals surface area contributed by atoms with Gasteiger partial charge < -0.3 is 14.8 Å². The van der Waals surface area contributed by atoms with Crippen molar-refractivity contribution in [2.45, 2.75) is 44.6 Å². The van der Waals surface area contributed by atoms with Crippen LogP contribution in [0.5, 0.6) is 0 Å². The van der Waals surface area contributed by atoms with E-state index in [0.717, 1.165) is 6.08 Å². The van der Waals surface area contributed by atoms with Crippen molar-refractivity contribution < 1.29 is 40.2 Å². The van der Waals surface area contributed by atoms with Gasteiger partial charge in [-0.2, -0.15) is 26.3 Å². The topological polar surface area (TPSA) is 30.5 Å². The second-order valence-corrected chi connectivity index (χ2v) is 6.95. The van der Waals surface area contributed by atoms with Crippen LogP contribution in [0.4, 0.5) is 30.7 Å². The van der Waals surface area contributed by atoms with Gasteiger partial charge in [0.1, 0.15) is 5.83 Å². The number of benzene rings is 1. The first-order valence-electron chi connectivity index (χ1n) is 9.29. The average Bonchev–Trinajstić information content (AvgIpc) is 2.70. The van der Waals surface area contributed by atoms with Gasteiger partial charge in [0, 0.05) is 6.54 Å². The van der Waals surface area contributed by atoms with E-state index in [-0.39, 0.29) is 18.2 Å². The van der Waals surface area contributed by atoms with Gasteiger partial charge in [-0.05, 0) is 49.8 Å². The molecule has 0 aliphatic carbocycles. The van der Waals surface area contributed by atoms with Crippen molar-refractivity contribution in [3.8, 4) is 0 Å². The predicted molar refractivity (Wildman–Crippen MR) is 101 cm³/mol. The number of hydrogen-bond donors (Lipinski definition) is 1. The predicted octanol–water partition coefficient (Wildman–Crippen LogP) is 6.10. The molecule has 0 amide bonds. The van der Waals surface area contributed by atoms with Crippen LogP contribution in [-0.2, 0) is 21.8 Å². The fourth-order valence-corrected chi connectivity index (χ4v) is 2.95. The Morgan fingerprint density at radius 3 is 2.23 bits per heavy atom. The molecule has 0 radical (unpaired) electrons. The Labute approximate surface area is 175 Å². The highest BCUT2D eigenvalue weighted by Crippen LogP contribution is 2.38. The molecule has 0 saturated carbocycles.